The largest absolute Gasteiger partial charge is 0.469 e. The molecule has 3 nitrogen and oxygen atoms in total. The van der Waals surface area contributed by atoms with Gasteiger partial charge >= 0.3 is 5.97 Å². The van der Waals surface area contributed by atoms with Gasteiger partial charge in [0.25, 0.3) is 0 Å². The normalized spacial score (nSPS) is 50.9. The van der Waals surface area contributed by atoms with Crippen molar-refractivity contribution >= 4 is 5.97 Å². The molecule has 2 rings (SSSR count). The van der Waals surface area contributed by atoms with Gasteiger partial charge in [-0.1, -0.05) is 6.92 Å². The lowest BCUT2D eigenvalue weighted by Crippen LogP contribution is -2.42. The minimum atomic E-state index is -0.290. The number of carbonyl (C=O) groups is 1. The Bertz CT molecular complexity index is 276. The first kappa shape index (κ1) is 9.97. The smallest absolute Gasteiger partial charge is 0.311 e. The summed E-state index contributed by atoms with van der Waals surface area (Å²) in [4.78, 5) is 11.7. The van der Waals surface area contributed by atoms with Gasteiger partial charge in [-0.25, -0.2) is 0 Å². The van der Waals surface area contributed by atoms with Gasteiger partial charge in [-0.05, 0) is 26.7 Å². The maximum Gasteiger partial charge on any atom is 0.311 e. The van der Waals surface area contributed by atoms with Crippen LogP contribution < -0.4 is 0 Å². The van der Waals surface area contributed by atoms with Gasteiger partial charge in [-0.2, -0.15) is 0 Å². The van der Waals surface area contributed by atoms with Gasteiger partial charge in [0.2, 0.25) is 0 Å². The zero-order chi connectivity index (χ0) is 10.6. The summed E-state index contributed by atoms with van der Waals surface area (Å²) in [6.45, 7) is 6.22. The maximum atomic E-state index is 11.7. The van der Waals surface area contributed by atoms with Crippen molar-refractivity contribution < 1.29 is 14.3 Å². The number of carbonyl (C=O) groups excluding carboxylic acids is 1. The van der Waals surface area contributed by atoms with E-state index < -0.39 is 0 Å². The van der Waals surface area contributed by atoms with Crippen molar-refractivity contribution in [2.75, 3.05) is 7.11 Å². The minimum Gasteiger partial charge on any atom is -0.469 e. The Morgan fingerprint density at radius 1 is 1.36 bits per heavy atom. The third-order valence-corrected chi connectivity index (χ3v) is 4.16. The maximum absolute atomic E-state index is 11.7. The van der Waals surface area contributed by atoms with E-state index in [-0.39, 0.29) is 29.0 Å². The van der Waals surface area contributed by atoms with E-state index in [0.29, 0.717) is 0 Å². The molecule has 2 fully saturated rings. The summed E-state index contributed by atoms with van der Waals surface area (Å²) in [6.07, 6.45) is 2.02. The molecule has 14 heavy (non-hydrogen) atoms. The second-order valence-electron chi connectivity index (χ2n) is 5.02. The van der Waals surface area contributed by atoms with Gasteiger partial charge in [0.15, 0.2) is 0 Å². The highest BCUT2D eigenvalue weighted by atomic mass is 16.6. The molecule has 0 aromatic heterocycles. The molecule has 0 saturated carbocycles. The van der Waals surface area contributed by atoms with Gasteiger partial charge in [-0.3, -0.25) is 4.79 Å². The second-order valence-corrected chi connectivity index (χ2v) is 5.02. The van der Waals surface area contributed by atoms with Crippen LogP contribution in [0.1, 0.15) is 33.6 Å². The predicted molar refractivity (Wildman–Crippen MR) is 51.8 cm³/mol. The van der Waals surface area contributed by atoms with Crippen LogP contribution in [0, 0.1) is 11.8 Å². The highest BCUT2D eigenvalue weighted by molar-refractivity contribution is 5.75. The molecule has 2 bridgehead atoms. The Hall–Kier alpha value is -0.570. The van der Waals surface area contributed by atoms with Crippen LogP contribution in [0.5, 0.6) is 0 Å². The van der Waals surface area contributed by atoms with Gasteiger partial charge in [0.05, 0.1) is 24.2 Å². The molecular formula is C11H18O3. The fraction of sp³-hybridized carbons (Fsp3) is 0.909. The number of hydrogen-bond acceptors (Lipinski definition) is 3. The second kappa shape index (κ2) is 2.72. The van der Waals surface area contributed by atoms with E-state index in [1.54, 1.807) is 0 Å². The molecule has 0 aromatic rings. The molecule has 0 spiro atoms. The van der Waals surface area contributed by atoms with Gasteiger partial charge < -0.3 is 9.47 Å². The third-order valence-electron chi connectivity index (χ3n) is 4.16. The first-order valence-corrected chi connectivity index (χ1v) is 5.21. The molecule has 2 saturated heterocycles. The van der Waals surface area contributed by atoms with Gasteiger partial charge in [0, 0.05) is 5.92 Å². The molecular weight excluding hydrogens is 180 g/mol. The molecule has 0 unspecified atom stereocenters. The molecule has 2 aliphatic heterocycles. The van der Waals surface area contributed by atoms with Gasteiger partial charge in [0.1, 0.15) is 0 Å². The molecule has 80 valence electrons. The zero-order valence-corrected chi connectivity index (χ0v) is 9.29. The van der Waals surface area contributed by atoms with Crippen LogP contribution in [0.2, 0.25) is 0 Å². The lowest BCUT2D eigenvalue weighted by Gasteiger charge is -2.32. The molecule has 0 radical (unpaired) electrons. The Balaban J connectivity index is 2.32. The summed E-state index contributed by atoms with van der Waals surface area (Å²) in [6, 6.07) is 0. The van der Waals surface area contributed by atoms with Gasteiger partial charge in [-0.15, -0.1) is 0 Å². The average Bonchev–Trinajstić information content (AvgIpc) is 2.52. The van der Waals surface area contributed by atoms with Crippen LogP contribution in [0.15, 0.2) is 0 Å². The first-order chi connectivity index (χ1) is 6.43. The van der Waals surface area contributed by atoms with E-state index in [0.717, 1.165) is 12.8 Å². The zero-order valence-electron chi connectivity index (χ0n) is 9.29. The number of ether oxygens (including phenoxy) is 2. The van der Waals surface area contributed by atoms with Crippen LogP contribution in [0.25, 0.3) is 0 Å². The van der Waals surface area contributed by atoms with E-state index in [1.165, 1.54) is 7.11 Å². The Kier molecular flexibility index (Phi) is 1.94. The van der Waals surface area contributed by atoms with E-state index in [1.807, 2.05) is 6.92 Å². The average molecular weight is 198 g/mol. The molecule has 0 amide bonds. The molecule has 0 aliphatic carbocycles. The number of fused-ring (bicyclic) bond motifs is 2. The number of methoxy groups -OCH3 is 1. The van der Waals surface area contributed by atoms with E-state index in [4.69, 9.17) is 9.47 Å². The standard InChI is InChI=1S/C11H18O3/c1-7-8(9(12)13-4)11(3)6-5-10(7,2)14-11/h7-8H,5-6H2,1-4H3/t7-,8+,10+,11-/m1/s1. The number of esters is 1. The lowest BCUT2D eigenvalue weighted by molar-refractivity contribution is -0.151. The Labute approximate surface area is 84.8 Å². The van der Waals surface area contributed by atoms with Crippen LogP contribution >= 0.6 is 0 Å². The quantitative estimate of drug-likeness (QED) is 0.602. The summed E-state index contributed by atoms with van der Waals surface area (Å²) < 4.78 is 10.8. The SMILES string of the molecule is COC(=O)[C@@H]1[C@@H](C)[C@]2(C)CC[C@@]1(C)O2. The summed E-state index contributed by atoms with van der Waals surface area (Å²) in [5.41, 5.74) is -0.408. The molecule has 0 aromatic carbocycles. The molecule has 0 N–H and O–H groups in total. The molecule has 2 heterocycles. The fourth-order valence-electron chi connectivity index (χ4n) is 3.13. The molecule has 2 aliphatic rings. The summed E-state index contributed by atoms with van der Waals surface area (Å²) in [7, 11) is 1.45. The molecule has 4 atom stereocenters. The minimum absolute atomic E-state index is 0.0914. The van der Waals surface area contributed by atoms with E-state index in [2.05, 4.69) is 13.8 Å². The highest BCUT2D eigenvalue weighted by Gasteiger charge is 2.64. The monoisotopic (exact) mass is 198 g/mol. The Morgan fingerprint density at radius 3 is 2.36 bits per heavy atom. The van der Waals surface area contributed by atoms with E-state index in [9.17, 15) is 4.79 Å². The van der Waals surface area contributed by atoms with Crippen molar-refractivity contribution in [1.82, 2.24) is 0 Å². The summed E-state index contributed by atoms with van der Waals surface area (Å²) in [5.74, 6) is 0.0448. The highest BCUT2D eigenvalue weighted by Crippen LogP contribution is 2.57. The fourth-order valence-corrected chi connectivity index (χ4v) is 3.13. The van der Waals surface area contributed by atoms with Crippen molar-refractivity contribution in [1.29, 1.82) is 0 Å². The topological polar surface area (TPSA) is 35.5 Å². The van der Waals surface area contributed by atoms with Crippen molar-refractivity contribution in [3.05, 3.63) is 0 Å². The van der Waals surface area contributed by atoms with Crippen LogP contribution in [-0.2, 0) is 14.3 Å². The molecule has 3 heteroatoms. The van der Waals surface area contributed by atoms with E-state index >= 15 is 0 Å². The van der Waals surface area contributed by atoms with Crippen molar-refractivity contribution in [2.45, 2.75) is 44.8 Å². The number of hydrogen-bond donors (Lipinski definition) is 0. The summed E-state index contributed by atoms with van der Waals surface area (Å²) in [5, 5.41) is 0. The van der Waals surface area contributed by atoms with Crippen molar-refractivity contribution in [3.63, 3.8) is 0 Å². The lowest BCUT2D eigenvalue weighted by atomic mass is 9.68. The van der Waals surface area contributed by atoms with Crippen LogP contribution in [-0.4, -0.2) is 24.3 Å². The van der Waals surface area contributed by atoms with Crippen molar-refractivity contribution in [2.24, 2.45) is 11.8 Å². The van der Waals surface area contributed by atoms with Crippen molar-refractivity contribution in [3.8, 4) is 0 Å². The first-order valence-electron chi connectivity index (χ1n) is 5.21. The predicted octanol–water partition coefficient (Wildman–Crippen LogP) is 1.75. The number of rotatable bonds is 1. The Morgan fingerprint density at radius 2 is 1.93 bits per heavy atom. The third kappa shape index (κ3) is 1.05. The summed E-state index contributed by atoms with van der Waals surface area (Å²) >= 11 is 0. The van der Waals surface area contributed by atoms with Crippen LogP contribution in [0.3, 0.4) is 0 Å². The van der Waals surface area contributed by atoms with Crippen LogP contribution in [0.4, 0.5) is 0 Å².